The van der Waals surface area contributed by atoms with E-state index in [2.05, 4.69) is 46.0 Å². The first-order chi connectivity index (χ1) is 13.4. The van der Waals surface area contributed by atoms with Gasteiger partial charge in [0.1, 0.15) is 0 Å². The molecule has 0 aliphatic carbocycles. The van der Waals surface area contributed by atoms with Crippen molar-refractivity contribution in [1.82, 2.24) is 15.5 Å². The summed E-state index contributed by atoms with van der Waals surface area (Å²) in [6.07, 6.45) is 4.30. The third-order valence-corrected chi connectivity index (χ3v) is 5.89. The molecule has 7 heteroatoms. The summed E-state index contributed by atoms with van der Waals surface area (Å²) in [6.45, 7) is 9.79. The summed E-state index contributed by atoms with van der Waals surface area (Å²) in [5.74, 6) is 0.903. The van der Waals surface area contributed by atoms with E-state index in [9.17, 15) is 0 Å². The summed E-state index contributed by atoms with van der Waals surface area (Å²) in [5.41, 5.74) is 1.48. The fourth-order valence-electron chi connectivity index (χ4n) is 3.41. The molecule has 3 rings (SSSR count). The quantitative estimate of drug-likeness (QED) is 0.404. The lowest BCUT2D eigenvalue weighted by atomic mass is 10.1. The van der Waals surface area contributed by atoms with Crippen LogP contribution in [0.25, 0.3) is 0 Å². The van der Waals surface area contributed by atoms with Gasteiger partial charge in [0.25, 0.3) is 0 Å². The summed E-state index contributed by atoms with van der Waals surface area (Å²) >= 11 is 1.81. The number of morpholine rings is 1. The highest BCUT2D eigenvalue weighted by Crippen LogP contribution is 2.26. The van der Waals surface area contributed by atoms with Gasteiger partial charge in [0.05, 0.1) is 39.0 Å². The Kier molecular flexibility index (Phi) is 8.61. The molecule has 6 nitrogen and oxygen atoms in total. The second-order valence-electron chi connectivity index (χ2n) is 6.76. The lowest BCUT2D eigenvalue weighted by Gasteiger charge is -2.33. The number of hydrogen-bond acceptors (Lipinski definition) is 5. The first kappa shape index (κ1) is 20.3. The maximum absolute atomic E-state index is 5.53. The molecule has 2 N–H and O–H groups in total. The Balaban J connectivity index is 1.57. The summed E-state index contributed by atoms with van der Waals surface area (Å²) in [4.78, 5) is 8.78. The smallest absolute Gasteiger partial charge is 0.191 e. The van der Waals surface area contributed by atoms with E-state index in [1.165, 1.54) is 10.5 Å². The molecule has 1 fully saturated rings. The topological polar surface area (TPSA) is 58.1 Å². The average molecular weight is 393 g/mol. The van der Waals surface area contributed by atoms with Gasteiger partial charge in [-0.2, -0.15) is 0 Å². The molecule has 0 aromatic carbocycles. The van der Waals surface area contributed by atoms with Gasteiger partial charge in [-0.25, -0.2) is 0 Å². The molecule has 1 saturated heterocycles. The highest BCUT2D eigenvalue weighted by Gasteiger charge is 2.23. The molecule has 0 spiro atoms. The molecule has 27 heavy (non-hydrogen) atoms. The van der Waals surface area contributed by atoms with E-state index in [4.69, 9.17) is 14.5 Å². The molecule has 1 aromatic heterocycles. The van der Waals surface area contributed by atoms with Crippen LogP contribution in [0.5, 0.6) is 0 Å². The zero-order valence-electron chi connectivity index (χ0n) is 16.3. The maximum atomic E-state index is 5.53. The summed E-state index contributed by atoms with van der Waals surface area (Å²) in [7, 11) is 0. The van der Waals surface area contributed by atoms with Gasteiger partial charge in [0.2, 0.25) is 0 Å². The summed E-state index contributed by atoms with van der Waals surface area (Å²) in [6, 6.07) is 4.67. The van der Waals surface area contributed by atoms with E-state index in [1.807, 2.05) is 11.3 Å². The van der Waals surface area contributed by atoms with Crippen molar-refractivity contribution < 1.29 is 9.47 Å². The third-order valence-electron chi connectivity index (χ3n) is 4.92. The van der Waals surface area contributed by atoms with Crippen LogP contribution >= 0.6 is 11.3 Å². The van der Waals surface area contributed by atoms with Crippen molar-refractivity contribution in [2.24, 2.45) is 4.99 Å². The molecule has 0 bridgehead atoms. The van der Waals surface area contributed by atoms with Crippen molar-refractivity contribution in [2.75, 3.05) is 59.2 Å². The standard InChI is InChI=1S/C20H32N4O2S/c1-2-21-20(22-8-5-17-6-11-25-12-7-17)23-16-18(19-4-3-15-27-19)24-9-13-26-14-10-24/h3-4,6,15,18H,2,5,7-14,16H2,1H3,(H2,21,22,23). The van der Waals surface area contributed by atoms with Crippen LogP contribution in [0.2, 0.25) is 0 Å². The number of nitrogens with zero attached hydrogens (tertiary/aromatic N) is 2. The Morgan fingerprint density at radius 2 is 2.15 bits per heavy atom. The Hall–Kier alpha value is -1.41. The van der Waals surface area contributed by atoms with Crippen molar-refractivity contribution in [3.05, 3.63) is 34.0 Å². The van der Waals surface area contributed by atoms with Gasteiger partial charge < -0.3 is 20.1 Å². The zero-order valence-corrected chi connectivity index (χ0v) is 17.1. The molecule has 1 aromatic rings. The van der Waals surface area contributed by atoms with Crippen LogP contribution < -0.4 is 10.6 Å². The Bertz CT molecular complexity index is 597. The molecular weight excluding hydrogens is 360 g/mol. The molecule has 1 atom stereocenters. The number of nitrogens with one attached hydrogen (secondary N) is 2. The molecule has 3 heterocycles. The second-order valence-corrected chi connectivity index (χ2v) is 7.74. The Morgan fingerprint density at radius 1 is 1.26 bits per heavy atom. The Morgan fingerprint density at radius 3 is 2.85 bits per heavy atom. The van der Waals surface area contributed by atoms with E-state index in [0.717, 1.165) is 78.0 Å². The fourth-order valence-corrected chi connectivity index (χ4v) is 4.26. The lowest BCUT2D eigenvalue weighted by molar-refractivity contribution is 0.0186. The van der Waals surface area contributed by atoms with Gasteiger partial charge in [0.15, 0.2) is 5.96 Å². The minimum atomic E-state index is 0.322. The summed E-state index contributed by atoms with van der Waals surface area (Å²) < 4.78 is 10.9. The van der Waals surface area contributed by atoms with Gasteiger partial charge in [-0.1, -0.05) is 17.7 Å². The van der Waals surface area contributed by atoms with Gasteiger partial charge in [-0.05, 0) is 31.2 Å². The number of thiophene rings is 1. The molecule has 0 amide bonds. The zero-order chi connectivity index (χ0) is 18.7. The molecule has 1 unspecified atom stereocenters. The number of guanidine groups is 1. The molecule has 0 radical (unpaired) electrons. The van der Waals surface area contributed by atoms with E-state index in [1.54, 1.807) is 0 Å². The van der Waals surface area contributed by atoms with Crippen molar-refractivity contribution in [1.29, 1.82) is 0 Å². The average Bonchev–Trinajstić information content (AvgIpc) is 3.24. The van der Waals surface area contributed by atoms with Gasteiger partial charge >= 0.3 is 0 Å². The highest BCUT2D eigenvalue weighted by atomic mass is 32.1. The minimum Gasteiger partial charge on any atom is -0.379 e. The largest absolute Gasteiger partial charge is 0.379 e. The highest BCUT2D eigenvalue weighted by molar-refractivity contribution is 7.10. The predicted octanol–water partition coefficient (Wildman–Crippen LogP) is 2.41. The van der Waals surface area contributed by atoms with Crippen molar-refractivity contribution in [3.63, 3.8) is 0 Å². The molecule has 2 aliphatic heterocycles. The van der Waals surface area contributed by atoms with Crippen LogP contribution in [0.15, 0.2) is 34.2 Å². The van der Waals surface area contributed by atoms with Crippen LogP contribution in [0.4, 0.5) is 0 Å². The maximum Gasteiger partial charge on any atom is 0.191 e. The molecular formula is C20H32N4O2S. The summed E-state index contributed by atoms with van der Waals surface area (Å²) in [5, 5.41) is 9.02. The van der Waals surface area contributed by atoms with Crippen molar-refractivity contribution in [2.45, 2.75) is 25.8 Å². The van der Waals surface area contributed by atoms with E-state index in [-0.39, 0.29) is 0 Å². The van der Waals surface area contributed by atoms with Gasteiger partial charge in [-0.15, -0.1) is 11.3 Å². The number of rotatable bonds is 8. The molecule has 2 aliphatic rings. The Labute approximate surface area is 166 Å². The predicted molar refractivity (Wildman–Crippen MR) is 112 cm³/mol. The number of ether oxygens (including phenoxy) is 2. The number of hydrogen-bond donors (Lipinski definition) is 2. The lowest BCUT2D eigenvalue weighted by Crippen LogP contribution is -2.41. The van der Waals surface area contributed by atoms with E-state index in [0.29, 0.717) is 6.04 Å². The third kappa shape index (κ3) is 6.60. The number of aliphatic imine (C=N–C) groups is 1. The molecule has 0 saturated carbocycles. The fraction of sp³-hybridized carbons (Fsp3) is 0.650. The normalized spacial score (nSPS) is 20.2. The van der Waals surface area contributed by atoms with Crippen LogP contribution in [0.1, 0.15) is 30.7 Å². The van der Waals surface area contributed by atoms with Crippen LogP contribution in [0, 0.1) is 0 Å². The van der Waals surface area contributed by atoms with E-state index >= 15 is 0 Å². The first-order valence-electron chi connectivity index (χ1n) is 10.00. The first-order valence-corrected chi connectivity index (χ1v) is 10.9. The minimum absolute atomic E-state index is 0.322. The SMILES string of the molecule is CCNC(=NCC(c1cccs1)N1CCOCC1)NCCC1=CCOCC1. The van der Waals surface area contributed by atoms with Crippen LogP contribution in [-0.4, -0.2) is 70.0 Å². The van der Waals surface area contributed by atoms with Gasteiger partial charge in [-0.3, -0.25) is 9.89 Å². The second kappa shape index (κ2) is 11.4. The van der Waals surface area contributed by atoms with Gasteiger partial charge in [0, 0.05) is 31.1 Å². The van der Waals surface area contributed by atoms with Crippen LogP contribution in [0.3, 0.4) is 0 Å². The molecule has 150 valence electrons. The van der Waals surface area contributed by atoms with Crippen LogP contribution in [-0.2, 0) is 9.47 Å². The van der Waals surface area contributed by atoms with Crippen molar-refractivity contribution >= 4 is 17.3 Å². The van der Waals surface area contributed by atoms with Crippen molar-refractivity contribution in [3.8, 4) is 0 Å². The van der Waals surface area contributed by atoms with E-state index < -0.39 is 0 Å². The monoisotopic (exact) mass is 392 g/mol.